The molecule has 3 rings (SSSR count). The van der Waals surface area contributed by atoms with Crippen molar-refractivity contribution in [3.05, 3.63) is 34.2 Å². The predicted molar refractivity (Wildman–Crippen MR) is 101 cm³/mol. The van der Waals surface area contributed by atoms with E-state index in [0.29, 0.717) is 32.7 Å². The van der Waals surface area contributed by atoms with Crippen molar-refractivity contribution < 1.29 is 14.0 Å². The van der Waals surface area contributed by atoms with Crippen molar-refractivity contribution in [2.24, 2.45) is 0 Å². The van der Waals surface area contributed by atoms with Crippen LogP contribution in [0, 0.1) is 5.82 Å². The molecule has 25 heavy (non-hydrogen) atoms. The van der Waals surface area contributed by atoms with E-state index in [2.05, 4.69) is 20.9 Å². The molecule has 1 fully saturated rings. The number of hydrogen-bond donors (Lipinski definition) is 1. The first kappa shape index (κ1) is 18.3. The van der Waals surface area contributed by atoms with Crippen LogP contribution in [-0.4, -0.2) is 57.4 Å². The Hall–Kier alpha value is -1.54. The summed E-state index contributed by atoms with van der Waals surface area (Å²) in [6, 6.07) is 4.17. The highest BCUT2D eigenvalue weighted by Gasteiger charge is 2.37. The van der Waals surface area contributed by atoms with Crippen molar-refractivity contribution in [3.8, 4) is 0 Å². The Labute approximate surface area is 158 Å². The molecule has 0 radical (unpaired) electrons. The SMILES string of the molecule is CC(C)N(C)C(=O)C1CSCN1C(=O)c1cc2c(F)cc(Br)cc2[nH]1. The maximum atomic E-state index is 14.1. The van der Waals surface area contributed by atoms with E-state index in [1.165, 1.54) is 12.1 Å². The highest BCUT2D eigenvalue weighted by molar-refractivity contribution is 9.10. The number of carbonyl (C=O) groups is 2. The zero-order chi connectivity index (χ0) is 18.3. The highest BCUT2D eigenvalue weighted by Crippen LogP contribution is 2.28. The largest absolute Gasteiger partial charge is 0.350 e. The molecule has 1 aliphatic heterocycles. The van der Waals surface area contributed by atoms with Gasteiger partial charge in [-0.15, -0.1) is 11.8 Å². The molecule has 134 valence electrons. The number of aromatic amines is 1. The van der Waals surface area contributed by atoms with Crippen molar-refractivity contribution in [1.29, 1.82) is 0 Å². The maximum Gasteiger partial charge on any atom is 0.271 e. The summed E-state index contributed by atoms with van der Waals surface area (Å²) < 4.78 is 14.7. The Morgan fingerprint density at radius 1 is 1.40 bits per heavy atom. The molecule has 2 aromatic rings. The van der Waals surface area contributed by atoms with Crippen molar-refractivity contribution in [1.82, 2.24) is 14.8 Å². The molecule has 0 aliphatic carbocycles. The number of rotatable bonds is 3. The number of hydrogen-bond acceptors (Lipinski definition) is 3. The number of thioether (sulfide) groups is 1. The first-order chi connectivity index (χ1) is 11.8. The Morgan fingerprint density at radius 3 is 2.80 bits per heavy atom. The monoisotopic (exact) mass is 427 g/mol. The van der Waals surface area contributed by atoms with Gasteiger partial charge in [-0.1, -0.05) is 15.9 Å². The summed E-state index contributed by atoms with van der Waals surface area (Å²) in [7, 11) is 1.74. The number of fused-ring (bicyclic) bond motifs is 1. The molecule has 1 saturated heterocycles. The summed E-state index contributed by atoms with van der Waals surface area (Å²) >= 11 is 4.79. The van der Waals surface area contributed by atoms with E-state index < -0.39 is 11.9 Å². The van der Waals surface area contributed by atoms with Crippen LogP contribution in [-0.2, 0) is 4.79 Å². The second kappa shape index (κ2) is 6.99. The van der Waals surface area contributed by atoms with Gasteiger partial charge in [-0.25, -0.2) is 4.39 Å². The van der Waals surface area contributed by atoms with E-state index >= 15 is 0 Å². The summed E-state index contributed by atoms with van der Waals surface area (Å²) in [6.07, 6.45) is 0. The van der Waals surface area contributed by atoms with E-state index in [1.54, 1.807) is 34.7 Å². The van der Waals surface area contributed by atoms with Crippen LogP contribution in [0.5, 0.6) is 0 Å². The van der Waals surface area contributed by atoms with Gasteiger partial charge in [0.05, 0.1) is 11.4 Å². The minimum Gasteiger partial charge on any atom is -0.350 e. The van der Waals surface area contributed by atoms with Crippen LogP contribution in [0.25, 0.3) is 10.9 Å². The van der Waals surface area contributed by atoms with Gasteiger partial charge < -0.3 is 14.8 Å². The minimum atomic E-state index is -0.493. The maximum absolute atomic E-state index is 14.1. The lowest BCUT2D eigenvalue weighted by Crippen LogP contribution is -2.49. The second-order valence-electron chi connectivity index (χ2n) is 6.37. The van der Waals surface area contributed by atoms with Crippen LogP contribution in [0.15, 0.2) is 22.7 Å². The molecular formula is C17H19BrFN3O2S. The molecule has 1 aliphatic rings. The lowest BCUT2D eigenvalue weighted by molar-refractivity contribution is -0.135. The molecule has 0 bridgehead atoms. The number of benzene rings is 1. The predicted octanol–water partition coefficient (Wildman–Crippen LogP) is 3.45. The fourth-order valence-electron chi connectivity index (χ4n) is 2.77. The fraction of sp³-hybridized carbons (Fsp3) is 0.412. The Bertz CT molecular complexity index is 839. The van der Waals surface area contributed by atoms with Gasteiger partial charge in [0.1, 0.15) is 17.6 Å². The number of carbonyl (C=O) groups excluding carboxylic acids is 2. The zero-order valence-electron chi connectivity index (χ0n) is 14.2. The molecule has 0 spiro atoms. The molecule has 1 N–H and O–H groups in total. The topological polar surface area (TPSA) is 56.4 Å². The fourth-order valence-corrected chi connectivity index (χ4v) is 4.34. The highest BCUT2D eigenvalue weighted by atomic mass is 79.9. The van der Waals surface area contributed by atoms with Crippen LogP contribution in [0.1, 0.15) is 24.3 Å². The van der Waals surface area contributed by atoms with Gasteiger partial charge in [-0.05, 0) is 32.0 Å². The van der Waals surface area contributed by atoms with E-state index in [1.807, 2.05) is 13.8 Å². The number of aromatic nitrogens is 1. The van der Waals surface area contributed by atoms with Crippen LogP contribution in [0.3, 0.4) is 0 Å². The molecule has 0 saturated carbocycles. The Morgan fingerprint density at radius 2 is 2.12 bits per heavy atom. The van der Waals surface area contributed by atoms with Gasteiger partial charge in [0.2, 0.25) is 5.91 Å². The molecular weight excluding hydrogens is 409 g/mol. The average molecular weight is 428 g/mol. The van der Waals surface area contributed by atoms with Crippen LogP contribution in [0.2, 0.25) is 0 Å². The second-order valence-corrected chi connectivity index (χ2v) is 8.28. The van der Waals surface area contributed by atoms with E-state index in [9.17, 15) is 14.0 Å². The molecule has 8 heteroatoms. The summed E-state index contributed by atoms with van der Waals surface area (Å²) in [5.41, 5.74) is 0.837. The number of H-pyrrole nitrogens is 1. The Balaban J connectivity index is 1.89. The van der Waals surface area contributed by atoms with E-state index in [0.717, 1.165) is 0 Å². The van der Waals surface area contributed by atoms with Gasteiger partial charge >= 0.3 is 0 Å². The quantitative estimate of drug-likeness (QED) is 0.815. The number of nitrogens with zero attached hydrogens (tertiary/aromatic N) is 2. The van der Waals surface area contributed by atoms with Crippen LogP contribution in [0.4, 0.5) is 4.39 Å². The first-order valence-electron chi connectivity index (χ1n) is 7.92. The molecule has 1 unspecified atom stereocenters. The first-order valence-corrected chi connectivity index (χ1v) is 9.87. The average Bonchev–Trinajstić information content (AvgIpc) is 3.19. The molecule has 2 heterocycles. The Kier molecular flexibility index (Phi) is 5.11. The van der Waals surface area contributed by atoms with Crippen molar-refractivity contribution >= 4 is 50.4 Å². The molecule has 1 aromatic carbocycles. The van der Waals surface area contributed by atoms with Crippen molar-refractivity contribution in [2.75, 3.05) is 18.7 Å². The third kappa shape index (κ3) is 3.42. The minimum absolute atomic E-state index is 0.0644. The standard InChI is InChI=1S/C17H19BrFN3O2S/c1-9(2)21(3)17(24)15-7-25-8-22(15)16(23)14-6-11-12(19)4-10(18)5-13(11)20-14/h4-6,9,15,20H,7-8H2,1-3H3. The van der Waals surface area contributed by atoms with E-state index in [-0.39, 0.29) is 17.9 Å². The molecule has 2 amide bonds. The van der Waals surface area contributed by atoms with Crippen molar-refractivity contribution in [3.63, 3.8) is 0 Å². The zero-order valence-corrected chi connectivity index (χ0v) is 16.6. The summed E-state index contributed by atoms with van der Waals surface area (Å²) in [5.74, 6) is 0.262. The smallest absolute Gasteiger partial charge is 0.271 e. The summed E-state index contributed by atoms with van der Waals surface area (Å²) in [4.78, 5) is 31.7. The lowest BCUT2D eigenvalue weighted by atomic mass is 10.2. The van der Waals surface area contributed by atoms with Crippen LogP contribution < -0.4 is 0 Å². The van der Waals surface area contributed by atoms with Gasteiger partial charge in [-0.2, -0.15) is 0 Å². The van der Waals surface area contributed by atoms with Gasteiger partial charge in [0, 0.05) is 28.7 Å². The van der Waals surface area contributed by atoms with Gasteiger partial charge in [-0.3, -0.25) is 9.59 Å². The normalized spacial score (nSPS) is 17.5. The van der Waals surface area contributed by atoms with Crippen LogP contribution >= 0.6 is 27.7 Å². The lowest BCUT2D eigenvalue weighted by Gasteiger charge is -2.29. The molecule has 1 atom stereocenters. The number of amides is 2. The third-order valence-corrected chi connectivity index (χ3v) is 5.90. The summed E-state index contributed by atoms with van der Waals surface area (Å²) in [6.45, 7) is 3.87. The third-order valence-electron chi connectivity index (χ3n) is 4.43. The number of likely N-dealkylation sites (N-methyl/N-ethyl adjacent to an activating group) is 1. The summed E-state index contributed by atoms with van der Waals surface area (Å²) in [5, 5.41) is 0.362. The molecule has 5 nitrogen and oxygen atoms in total. The number of nitrogens with one attached hydrogen (secondary N) is 1. The molecule has 1 aromatic heterocycles. The van der Waals surface area contributed by atoms with Gasteiger partial charge in [0.15, 0.2) is 0 Å². The van der Waals surface area contributed by atoms with Gasteiger partial charge in [0.25, 0.3) is 5.91 Å². The number of halogens is 2. The van der Waals surface area contributed by atoms with E-state index in [4.69, 9.17) is 0 Å². The van der Waals surface area contributed by atoms with Crippen molar-refractivity contribution in [2.45, 2.75) is 25.9 Å².